The minimum Gasteiger partial charge on any atom is -0.508 e. The van der Waals surface area contributed by atoms with Gasteiger partial charge in [0.2, 0.25) is 6.29 Å². The summed E-state index contributed by atoms with van der Waals surface area (Å²) in [7, 11) is 0. The van der Waals surface area contributed by atoms with E-state index in [1.165, 1.54) is 31.2 Å². The summed E-state index contributed by atoms with van der Waals surface area (Å²) < 4.78 is 34.4. The zero-order valence-corrected chi connectivity index (χ0v) is 27.3. The molecule has 3 fully saturated rings. The summed E-state index contributed by atoms with van der Waals surface area (Å²) in [6, 6.07) is 7.35. The molecule has 0 aliphatic carbocycles. The van der Waals surface area contributed by atoms with Gasteiger partial charge in [-0.05, 0) is 31.2 Å². The molecule has 0 bridgehead atoms. The first-order valence-corrected chi connectivity index (χ1v) is 16.2. The van der Waals surface area contributed by atoms with Crippen LogP contribution >= 0.6 is 0 Å². The maximum atomic E-state index is 13.4. The maximum absolute atomic E-state index is 13.4. The Balaban J connectivity index is 1.40. The van der Waals surface area contributed by atoms with Gasteiger partial charge in [0, 0.05) is 17.7 Å². The highest BCUT2D eigenvalue weighted by Crippen LogP contribution is 2.45. The molecule has 0 amide bonds. The number of hydrogen-bond acceptors (Lipinski definition) is 19. The number of hydrogen-bond donors (Lipinski definition) is 12. The summed E-state index contributed by atoms with van der Waals surface area (Å²) in [5.41, 5.74) is -1.38. The van der Waals surface area contributed by atoms with Gasteiger partial charge < -0.3 is 89.4 Å². The first-order valence-electron chi connectivity index (χ1n) is 16.2. The van der Waals surface area contributed by atoms with Crippen molar-refractivity contribution in [3.8, 4) is 28.6 Å². The molecule has 6 unspecified atom stereocenters. The Hall–Kier alpha value is -3.51. The van der Waals surface area contributed by atoms with Crippen molar-refractivity contribution in [2.24, 2.45) is 0 Å². The minimum absolute atomic E-state index is 0.0994. The normalized spacial score (nSPS) is 38.3. The predicted molar refractivity (Wildman–Crippen MR) is 170 cm³/mol. The minimum atomic E-state index is -2.02. The lowest BCUT2D eigenvalue weighted by atomic mass is 9.89. The predicted octanol–water partition coefficient (Wildman–Crippen LogP) is -3.58. The van der Waals surface area contributed by atoms with Gasteiger partial charge in [0.15, 0.2) is 17.3 Å². The smallest absolute Gasteiger partial charge is 0.229 e. The molecule has 3 aliphatic rings. The first-order chi connectivity index (χ1) is 24.6. The van der Waals surface area contributed by atoms with E-state index >= 15 is 0 Å². The molecular formula is C33H40O19. The molecule has 0 spiro atoms. The maximum Gasteiger partial charge on any atom is 0.229 e. The molecule has 3 aromatic rings. The standard InChI is InChI=1S/C33H40O19/c1-10-21(38)24(41)28(45)32(48-10)47-9-18-23(40)26(43)29(46)33(52-18)51-16-7-14(37)19-13(36)6-15(11-2-4-12(35)5-3-11)49-30(19)20(16)31-27(44)25(42)22(39)17(8-34)50-31/h2-7,10,17-18,21-29,31-35,37-46H,8-9H2,1H3/t10?,17?,18?,21-,22+,23+,24-,25-,26-,27?,28?,29?,31-,32+,33+/m0/s1. The van der Waals surface area contributed by atoms with Crippen LogP contribution in [0.4, 0.5) is 0 Å². The Bertz CT molecular complexity index is 1760. The van der Waals surface area contributed by atoms with E-state index in [9.17, 15) is 66.1 Å². The van der Waals surface area contributed by atoms with Crippen LogP contribution in [0, 0.1) is 0 Å². The number of aliphatic hydroxyl groups excluding tert-OH is 10. The molecule has 286 valence electrons. The second-order valence-electron chi connectivity index (χ2n) is 12.9. The van der Waals surface area contributed by atoms with Crippen molar-refractivity contribution in [2.75, 3.05) is 13.2 Å². The molecule has 2 aromatic carbocycles. The number of phenols is 2. The number of rotatable bonds is 8. The van der Waals surface area contributed by atoms with E-state index in [-0.39, 0.29) is 22.6 Å². The molecule has 19 nitrogen and oxygen atoms in total. The van der Waals surface area contributed by atoms with Crippen LogP contribution < -0.4 is 10.2 Å². The van der Waals surface area contributed by atoms with Crippen molar-refractivity contribution in [2.45, 2.75) is 98.9 Å². The van der Waals surface area contributed by atoms with Crippen LogP contribution in [-0.2, 0) is 18.9 Å². The monoisotopic (exact) mass is 740 g/mol. The first kappa shape index (κ1) is 38.2. The van der Waals surface area contributed by atoms with E-state index in [1.54, 1.807) is 0 Å². The Labute approximate surface area is 293 Å². The highest BCUT2D eigenvalue weighted by atomic mass is 16.7. The van der Waals surface area contributed by atoms with Gasteiger partial charge in [-0.3, -0.25) is 4.79 Å². The van der Waals surface area contributed by atoms with E-state index in [4.69, 9.17) is 28.1 Å². The quantitative estimate of drug-likeness (QED) is 0.106. The largest absolute Gasteiger partial charge is 0.508 e. The summed E-state index contributed by atoms with van der Waals surface area (Å²) in [5.74, 6) is -1.47. The fourth-order valence-corrected chi connectivity index (χ4v) is 6.40. The van der Waals surface area contributed by atoms with Crippen molar-refractivity contribution in [3.05, 3.63) is 52.2 Å². The van der Waals surface area contributed by atoms with Gasteiger partial charge in [-0.15, -0.1) is 0 Å². The average Bonchev–Trinajstić information content (AvgIpc) is 3.12. The van der Waals surface area contributed by atoms with Crippen LogP contribution in [0.5, 0.6) is 17.2 Å². The van der Waals surface area contributed by atoms with E-state index in [2.05, 4.69) is 0 Å². The fraction of sp³-hybridized carbons (Fsp3) is 0.545. The zero-order valence-electron chi connectivity index (χ0n) is 27.3. The summed E-state index contributed by atoms with van der Waals surface area (Å²) in [5, 5.41) is 125. The zero-order chi connectivity index (χ0) is 37.8. The SMILES string of the molecule is CC1O[C@@H](OCC2O[C@@H](Oc3cc(O)c4c(=O)cc(-c5ccc(O)cc5)oc4c3[C@@H]3OC(CO)[C@@H](O)[C@H](O)C3O)C(O)[C@@H](O)[C@@H]2O)C(O)[C@@H](O)[C@H]1O. The lowest BCUT2D eigenvalue weighted by Crippen LogP contribution is -2.61. The summed E-state index contributed by atoms with van der Waals surface area (Å²) in [6.07, 6.45) is -25.5. The molecule has 19 heteroatoms. The third-order valence-electron chi connectivity index (χ3n) is 9.46. The summed E-state index contributed by atoms with van der Waals surface area (Å²) in [4.78, 5) is 13.4. The van der Waals surface area contributed by atoms with Crippen molar-refractivity contribution >= 4 is 11.0 Å². The van der Waals surface area contributed by atoms with Crippen molar-refractivity contribution < 1.29 is 89.4 Å². The molecule has 4 heterocycles. The van der Waals surface area contributed by atoms with Crippen molar-refractivity contribution in [1.82, 2.24) is 0 Å². The molecular weight excluding hydrogens is 700 g/mol. The molecule has 0 saturated carbocycles. The van der Waals surface area contributed by atoms with E-state index in [1.807, 2.05) is 0 Å². The van der Waals surface area contributed by atoms with Crippen molar-refractivity contribution in [3.63, 3.8) is 0 Å². The van der Waals surface area contributed by atoms with Gasteiger partial charge in [-0.25, -0.2) is 0 Å². The third kappa shape index (κ3) is 6.97. The van der Waals surface area contributed by atoms with Gasteiger partial charge in [0.1, 0.15) is 102 Å². The van der Waals surface area contributed by atoms with Crippen LogP contribution in [0.3, 0.4) is 0 Å². The van der Waals surface area contributed by atoms with Crippen molar-refractivity contribution in [1.29, 1.82) is 0 Å². The highest BCUT2D eigenvalue weighted by molar-refractivity contribution is 5.89. The number of fused-ring (bicyclic) bond motifs is 1. The molecule has 15 atom stereocenters. The molecule has 6 rings (SSSR count). The number of aliphatic hydroxyl groups is 10. The van der Waals surface area contributed by atoms with Crippen LogP contribution in [0.1, 0.15) is 18.6 Å². The summed E-state index contributed by atoms with van der Waals surface area (Å²) >= 11 is 0. The van der Waals surface area contributed by atoms with Crippen LogP contribution in [-0.4, -0.2) is 160 Å². The van der Waals surface area contributed by atoms with E-state index in [0.29, 0.717) is 0 Å². The second kappa shape index (κ2) is 15.1. The van der Waals surface area contributed by atoms with Crippen LogP contribution in [0.2, 0.25) is 0 Å². The van der Waals surface area contributed by atoms with Gasteiger partial charge in [0.25, 0.3) is 0 Å². The van der Waals surface area contributed by atoms with E-state index in [0.717, 1.165) is 12.1 Å². The Morgan fingerprint density at radius 2 is 1.31 bits per heavy atom. The average molecular weight is 741 g/mol. The second-order valence-corrected chi connectivity index (χ2v) is 12.9. The fourth-order valence-electron chi connectivity index (χ4n) is 6.40. The van der Waals surface area contributed by atoms with Gasteiger partial charge >= 0.3 is 0 Å². The number of phenolic OH excluding ortho intramolecular Hbond substituents is 2. The molecule has 1 aromatic heterocycles. The lowest BCUT2D eigenvalue weighted by molar-refractivity contribution is -0.318. The van der Waals surface area contributed by atoms with Gasteiger partial charge in [-0.2, -0.15) is 0 Å². The Morgan fingerprint density at radius 3 is 1.98 bits per heavy atom. The molecule has 3 aliphatic heterocycles. The van der Waals surface area contributed by atoms with Crippen LogP contribution in [0.15, 0.2) is 45.6 Å². The highest BCUT2D eigenvalue weighted by Gasteiger charge is 2.50. The van der Waals surface area contributed by atoms with E-state index < -0.39 is 133 Å². The molecule has 52 heavy (non-hydrogen) atoms. The van der Waals surface area contributed by atoms with Gasteiger partial charge in [-0.1, -0.05) is 0 Å². The molecule has 3 saturated heterocycles. The van der Waals surface area contributed by atoms with Crippen LogP contribution in [0.25, 0.3) is 22.3 Å². The Morgan fingerprint density at radius 1 is 0.692 bits per heavy atom. The number of aromatic hydroxyl groups is 2. The topological polar surface area (TPSA) is 319 Å². The summed E-state index contributed by atoms with van der Waals surface area (Å²) in [6.45, 7) is -0.0793. The molecule has 12 N–H and O–H groups in total. The molecule has 0 radical (unpaired) electrons. The van der Waals surface area contributed by atoms with Gasteiger partial charge in [0.05, 0.1) is 24.9 Å². The number of benzene rings is 2. The third-order valence-corrected chi connectivity index (χ3v) is 9.46. The number of ether oxygens (including phenoxy) is 5. The Kier molecular flexibility index (Phi) is 11.1. The lowest BCUT2D eigenvalue weighted by Gasteiger charge is -2.43.